The number of benzene rings is 2. The van der Waals surface area contributed by atoms with E-state index < -0.39 is 0 Å². The molecule has 0 aliphatic heterocycles. The summed E-state index contributed by atoms with van der Waals surface area (Å²) in [6.07, 6.45) is 4.95. The van der Waals surface area contributed by atoms with Gasteiger partial charge in [0.1, 0.15) is 11.5 Å². The predicted octanol–water partition coefficient (Wildman–Crippen LogP) is 4.29. The van der Waals surface area contributed by atoms with E-state index in [0.29, 0.717) is 28.7 Å². The number of hydrogen-bond acceptors (Lipinski definition) is 6. The van der Waals surface area contributed by atoms with E-state index in [-0.39, 0.29) is 5.92 Å². The van der Waals surface area contributed by atoms with Crippen molar-refractivity contribution in [2.45, 2.75) is 12.3 Å². The van der Waals surface area contributed by atoms with Crippen molar-refractivity contribution in [3.8, 4) is 34.5 Å². The van der Waals surface area contributed by atoms with E-state index in [1.165, 1.54) is 0 Å². The molecule has 0 bridgehead atoms. The lowest BCUT2D eigenvalue weighted by atomic mass is 9.80. The van der Waals surface area contributed by atoms with Gasteiger partial charge in [0.15, 0.2) is 23.0 Å². The molecule has 6 nitrogen and oxygen atoms in total. The lowest BCUT2D eigenvalue weighted by molar-refractivity contribution is 0.341. The number of ether oxygens (including phenoxy) is 6. The quantitative estimate of drug-likeness (QED) is 0.708. The van der Waals surface area contributed by atoms with Crippen LogP contribution in [-0.2, 0) is 0 Å². The Kier molecular flexibility index (Phi) is 5.87. The second kappa shape index (κ2) is 8.33. The molecule has 0 saturated carbocycles. The van der Waals surface area contributed by atoms with E-state index in [1.807, 2.05) is 18.2 Å². The van der Waals surface area contributed by atoms with Crippen LogP contribution >= 0.6 is 0 Å². The minimum absolute atomic E-state index is 0.0336. The Bertz CT molecular complexity index is 887. The molecule has 0 radical (unpaired) electrons. The molecule has 0 spiro atoms. The maximum absolute atomic E-state index is 5.75. The molecule has 6 heteroatoms. The van der Waals surface area contributed by atoms with Gasteiger partial charge in [0.2, 0.25) is 0 Å². The van der Waals surface area contributed by atoms with Gasteiger partial charge in [-0.05, 0) is 12.5 Å². The van der Waals surface area contributed by atoms with Crippen molar-refractivity contribution in [3.63, 3.8) is 0 Å². The summed E-state index contributed by atoms with van der Waals surface area (Å²) in [5, 5.41) is 0. The summed E-state index contributed by atoms with van der Waals surface area (Å²) >= 11 is 0. The van der Waals surface area contributed by atoms with E-state index in [0.717, 1.165) is 28.9 Å². The molecule has 0 aromatic heterocycles. The fraction of sp³-hybridized carbons (Fsp3) is 0.364. The molecular formula is C22H26O6. The number of allylic oxidation sites excluding steroid dienone is 1. The molecule has 28 heavy (non-hydrogen) atoms. The zero-order chi connectivity index (χ0) is 20.3. The molecule has 1 aliphatic rings. The lowest BCUT2D eigenvalue weighted by Gasteiger charge is -2.28. The van der Waals surface area contributed by atoms with Crippen molar-refractivity contribution >= 4 is 6.08 Å². The van der Waals surface area contributed by atoms with Crippen molar-refractivity contribution in [3.05, 3.63) is 41.0 Å². The highest BCUT2D eigenvalue weighted by molar-refractivity contribution is 5.73. The zero-order valence-electron chi connectivity index (χ0n) is 17.1. The summed E-state index contributed by atoms with van der Waals surface area (Å²) in [6.45, 7) is 0. The Balaban J connectivity index is 2.29. The summed E-state index contributed by atoms with van der Waals surface area (Å²) in [7, 11) is 9.79. The molecular weight excluding hydrogens is 360 g/mol. The first-order valence-electron chi connectivity index (χ1n) is 8.92. The van der Waals surface area contributed by atoms with E-state index in [4.69, 9.17) is 28.4 Å². The number of methoxy groups -OCH3 is 6. The van der Waals surface area contributed by atoms with Crippen molar-refractivity contribution < 1.29 is 28.4 Å². The minimum Gasteiger partial charge on any atom is -0.496 e. The highest BCUT2D eigenvalue weighted by Gasteiger charge is 2.31. The lowest BCUT2D eigenvalue weighted by Crippen LogP contribution is -2.12. The topological polar surface area (TPSA) is 55.4 Å². The summed E-state index contributed by atoms with van der Waals surface area (Å²) in [5.74, 6) is 3.98. The van der Waals surface area contributed by atoms with Gasteiger partial charge in [0.05, 0.1) is 42.7 Å². The summed E-state index contributed by atoms with van der Waals surface area (Å²) in [4.78, 5) is 0. The third-order valence-electron chi connectivity index (χ3n) is 5.05. The molecule has 0 amide bonds. The summed E-state index contributed by atoms with van der Waals surface area (Å²) in [6, 6.07) is 5.64. The molecule has 2 aromatic carbocycles. The van der Waals surface area contributed by atoms with Gasteiger partial charge in [-0.15, -0.1) is 0 Å². The van der Waals surface area contributed by atoms with Gasteiger partial charge in [-0.3, -0.25) is 0 Å². The SMILES string of the molecule is COc1cc(OC)c([C@H]2CC=Cc3c(OC)cc(OC)c(OC)c32)cc1OC. The smallest absolute Gasteiger partial charge is 0.165 e. The molecule has 0 fully saturated rings. The summed E-state index contributed by atoms with van der Waals surface area (Å²) < 4.78 is 33.6. The van der Waals surface area contributed by atoms with Crippen LogP contribution in [0.25, 0.3) is 6.08 Å². The average molecular weight is 386 g/mol. The van der Waals surface area contributed by atoms with Crippen LogP contribution in [0, 0.1) is 0 Å². The fourth-order valence-electron chi connectivity index (χ4n) is 3.75. The Morgan fingerprint density at radius 3 is 1.79 bits per heavy atom. The van der Waals surface area contributed by atoms with Gasteiger partial charge >= 0.3 is 0 Å². The number of fused-ring (bicyclic) bond motifs is 1. The van der Waals surface area contributed by atoms with Crippen LogP contribution in [-0.4, -0.2) is 42.7 Å². The van der Waals surface area contributed by atoms with Crippen molar-refractivity contribution in [1.82, 2.24) is 0 Å². The Morgan fingerprint density at radius 2 is 1.21 bits per heavy atom. The van der Waals surface area contributed by atoms with Gasteiger partial charge in [0, 0.05) is 34.7 Å². The Labute approximate surface area is 165 Å². The highest BCUT2D eigenvalue weighted by Crippen LogP contribution is 2.51. The largest absolute Gasteiger partial charge is 0.496 e. The van der Waals surface area contributed by atoms with Crippen LogP contribution in [0.2, 0.25) is 0 Å². The Hall–Kier alpha value is -3.02. The number of hydrogen-bond donors (Lipinski definition) is 0. The minimum atomic E-state index is -0.0336. The maximum Gasteiger partial charge on any atom is 0.165 e. The van der Waals surface area contributed by atoms with Crippen molar-refractivity contribution in [2.75, 3.05) is 42.7 Å². The van der Waals surface area contributed by atoms with Crippen LogP contribution in [0.4, 0.5) is 0 Å². The van der Waals surface area contributed by atoms with Gasteiger partial charge < -0.3 is 28.4 Å². The molecule has 0 saturated heterocycles. The van der Waals surface area contributed by atoms with Gasteiger partial charge in [-0.1, -0.05) is 12.2 Å². The van der Waals surface area contributed by atoms with Gasteiger partial charge in [-0.25, -0.2) is 0 Å². The molecule has 1 atom stereocenters. The first kappa shape index (κ1) is 19.7. The average Bonchev–Trinajstić information content (AvgIpc) is 2.76. The van der Waals surface area contributed by atoms with E-state index in [1.54, 1.807) is 42.7 Å². The van der Waals surface area contributed by atoms with Crippen molar-refractivity contribution in [2.24, 2.45) is 0 Å². The van der Waals surface area contributed by atoms with Crippen LogP contribution < -0.4 is 28.4 Å². The van der Waals surface area contributed by atoms with Crippen LogP contribution in [0.5, 0.6) is 34.5 Å². The first-order valence-corrected chi connectivity index (χ1v) is 8.92. The van der Waals surface area contributed by atoms with Crippen LogP contribution in [0.15, 0.2) is 24.3 Å². The normalized spacial score (nSPS) is 14.9. The maximum atomic E-state index is 5.75. The monoisotopic (exact) mass is 386 g/mol. The Morgan fingerprint density at radius 1 is 0.643 bits per heavy atom. The molecule has 2 aromatic rings. The summed E-state index contributed by atoms with van der Waals surface area (Å²) in [5.41, 5.74) is 2.93. The first-order chi connectivity index (χ1) is 13.6. The standard InChI is InChI=1S/C22H26O6/c1-23-16-12-20(27-5)22(28-6)21-13(8-7-9-14(16)21)15-10-18(25-3)19(26-4)11-17(15)24-2/h7,9-13H,8H2,1-6H3/t13-/m1/s1. The molecule has 0 N–H and O–H groups in total. The van der Waals surface area contributed by atoms with E-state index in [2.05, 4.69) is 12.2 Å². The molecule has 3 rings (SSSR count). The fourth-order valence-corrected chi connectivity index (χ4v) is 3.75. The van der Waals surface area contributed by atoms with Crippen LogP contribution in [0.3, 0.4) is 0 Å². The highest BCUT2D eigenvalue weighted by atomic mass is 16.5. The second-order valence-electron chi connectivity index (χ2n) is 6.28. The zero-order valence-corrected chi connectivity index (χ0v) is 17.1. The molecule has 0 unspecified atom stereocenters. The number of rotatable bonds is 7. The van der Waals surface area contributed by atoms with E-state index >= 15 is 0 Å². The van der Waals surface area contributed by atoms with Crippen molar-refractivity contribution in [1.29, 1.82) is 0 Å². The third kappa shape index (κ3) is 3.19. The van der Waals surface area contributed by atoms with Gasteiger partial charge in [0.25, 0.3) is 0 Å². The molecule has 1 aliphatic carbocycles. The second-order valence-corrected chi connectivity index (χ2v) is 6.28. The molecule has 150 valence electrons. The van der Waals surface area contributed by atoms with E-state index in [9.17, 15) is 0 Å². The third-order valence-corrected chi connectivity index (χ3v) is 5.05. The molecule has 0 heterocycles. The predicted molar refractivity (Wildman–Crippen MR) is 108 cm³/mol. The van der Waals surface area contributed by atoms with Gasteiger partial charge in [-0.2, -0.15) is 0 Å². The van der Waals surface area contributed by atoms with Crippen LogP contribution in [0.1, 0.15) is 29.0 Å².